The Morgan fingerprint density at radius 2 is 1.82 bits per heavy atom. The van der Waals surface area contributed by atoms with Gasteiger partial charge in [-0.15, -0.1) is 11.3 Å². The van der Waals surface area contributed by atoms with Gasteiger partial charge in [-0.25, -0.2) is 0 Å². The van der Waals surface area contributed by atoms with Gasteiger partial charge in [0.1, 0.15) is 10.6 Å². The van der Waals surface area contributed by atoms with E-state index < -0.39 is 11.8 Å². The van der Waals surface area contributed by atoms with Crippen molar-refractivity contribution in [2.24, 2.45) is 0 Å². The summed E-state index contributed by atoms with van der Waals surface area (Å²) in [5, 5.41) is 6.64. The Morgan fingerprint density at radius 3 is 2.54 bits per heavy atom. The molecule has 0 atom stereocenters. The summed E-state index contributed by atoms with van der Waals surface area (Å²) in [5.41, 5.74) is 0.517. The third-order valence-electron chi connectivity index (χ3n) is 3.90. The number of carbonyl (C=O) groups excluding carboxylic acids is 2. The fraction of sp³-hybridized carbons (Fsp3) is 0.158. The Bertz CT molecular complexity index is 1050. The van der Waals surface area contributed by atoms with Gasteiger partial charge in [0.05, 0.1) is 41.2 Å². The Hall–Kier alpha value is -2.48. The van der Waals surface area contributed by atoms with Gasteiger partial charge in [-0.3, -0.25) is 9.59 Å². The molecule has 0 fully saturated rings. The number of para-hydroxylation sites is 2. The first-order valence-electron chi connectivity index (χ1n) is 8.11. The molecule has 0 aliphatic heterocycles. The Balaban J connectivity index is 1.73. The lowest BCUT2D eigenvalue weighted by atomic mass is 10.2. The second kappa shape index (κ2) is 8.68. The highest BCUT2D eigenvalue weighted by atomic mass is 35.5. The predicted molar refractivity (Wildman–Crippen MR) is 112 cm³/mol. The number of halogens is 2. The highest BCUT2D eigenvalue weighted by Crippen LogP contribution is 2.43. The number of hydrogen-bond acceptors (Lipinski definition) is 5. The Kier molecular flexibility index (Phi) is 6.28. The van der Waals surface area contributed by atoms with E-state index in [1.54, 1.807) is 36.4 Å². The molecule has 28 heavy (non-hydrogen) atoms. The lowest BCUT2D eigenvalue weighted by molar-refractivity contribution is -0.115. The van der Waals surface area contributed by atoms with Crippen molar-refractivity contribution in [3.8, 4) is 11.5 Å². The van der Waals surface area contributed by atoms with Crippen LogP contribution in [0, 0.1) is 0 Å². The standard InChI is InChI=1S/C19H16Cl2N2O4S/c1-26-13-6-4-3-5-12(13)23-14(24)9-22-19(25)18-15(21)10-7-8-11(20)16(27-2)17(10)28-18/h3-8H,9H2,1-2H3,(H,22,25)(H,23,24). The van der Waals surface area contributed by atoms with Crippen molar-refractivity contribution in [3.05, 3.63) is 51.3 Å². The smallest absolute Gasteiger partial charge is 0.263 e. The number of ether oxygens (including phenoxy) is 2. The van der Waals surface area contributed by atoms with E-state index in [0.29, 0.717) is 32.3 Å². The zero-order valence-corrected chi connectivity index (χ0v) is 17.3. The molecule has 146 valence electrons. The van der Waals surface area contributed by atoms with Gasteiger partial charge < -0.3 is 20.1 Å². The molecule has 9 heteroatoms. The van der Waals surface area contributed by atoms with Crippen LogP contribution >= 0.6 is 34.5 Å². The minimum absolute atomic E-state index is 0.223. The molecular weight excluding hydrogens is 423 g/mol. The molecule has 0 saturated carbocycles. The van der Waals surface area contributed by atoms with Gasteiger partial charge >= 0.3 is 0 Å². The van der Waals surface area contributed by atoms with Crippen LogP contribution in [0.4, 0.5) is 5.69 Å². The van der Waals surface area contributed by atoms with Crippen LogP contribution < -0.4 is 20.1 Å². The summed E-state index contributed by atoms with van der Waals surface area (Å²) in [5.74, 6) is 0.132. The maximum atomic E-state index is 12.5. The molecule has 3 rings (SSSR count). The first-order chi connectivity index (χ1) is 13.5. The highest BCUT2D eigenvalue weighted by molar-refractivity contribution is 7.22. The maximum absolute atomic E-state index is 12.5. The van der Waals surface area contributed by atoms with Crippen LogP contribution in [0.2, 0.25) is 10.0 Å². The molecule has 6 nitrogen and oxygen atoms in total. The van der Waals surface area contributed by atoms with E-state index in [1.165, 1.54) is 14.2 Å². The van der Waals surface area contributed by atoms with Crippen LogP contribution in [0.3, 0.4) is 0 Å². The number of amides is 2. The predicted octanol–water partition coefficient (Wildman–Crippen LogP) is 4.59. The molecule has 0 saturated heterocycles. The fourth-order valence-corrected chi connectivity index (χ4v) is 4.44. The molecule has 0 unspecified atom stereocenters. The van der Waals surface area contributed by atoms with Crippen molar-refractivity contribution in [1.29, 1.82) is 0 Å². The number of benzene rings is 2. The number of rotatable bonds is 6. The lowest BCUT2D eigenvalue weighted by Gasteiger charge is -2.10. The van der Waals surface area contributed by atoms with E-state index in [4.69, 9.17) is 32.7 Å². The summed E-state index contributed by atoms with van der Waals surface area (Å²) in [7, 11) is 3.01. The molecule has 2 aromatic carbocycles. The second-order valence-electron chi connectivity index (χ2n) is 5.63. The topological polar surface area (TPSA) is 76.7 Å². The SMILES string of the molecule is COc1ccccc1NC(=O)CNC(=O)c1sc2c(OC)c(Cl)ccc2c1Cl. The summed E-state index contributed by atoms with van der Waals surface area (Å²) < 4.78 is 11.2. The first-order valence-corrected chi connectivity index (χ1v) is 9.69. The van der Waals surface area contributed by atoms with Crippen LogP contribution in [0.1, 0.15) is 9.67 Å². The third-order valence-corrected chi connectivity index (χ3v) is 5.91. The van der Waals surface area contributed by atoms with Gasteiger partial charge in [-0.05, 0) is 18.2 Å². The van der Waals surface area contributed by atoms with Gasteiger partial charge in [-0.2, -0.15) is 0 Å². The third kappa shape index (κ3) is 4.01. The van der Waals surface area contributed by atoms with Gasteiger partial charge in [0.25, 0.3) is 5.91 Å². The molecule has 0 spiro atoms. The van der Waals surface area contributed by atoms with Crippen LogP contribution in [0.5, 0.6) is 11.5 Å². The zero-order chi connectivity index (χ0) is 20.3. The van der Waals surface area contributed by atoms with Crippen LogP contribution in [0.15, 0.2) is 36.4 Å². The average molecular weight is 439 g/mol. The van der Waals surface area contributed by atoms with Gasteiger partial charge in [0, 0.05) is 5.39 Å². The van der Waals surface area contributed by atoms with E-state index in [9.17, 15) is 9.59 Å². The quantitative estimate of drug-likeness (QED) is 0.589. The molecule has 1 heterocycles. The monoisotopic (exact) mass is 438 g/mol. The largest absolute Gasteiger partial charge is 0.495 e. The summed E-state index contributed by atoms with van der Waals surface area (Å²) in [4.78, 5) is 25.0. The molecule has 0 radical (unpaired) electrons. The van der Waals surface area contributed by atoms with Crippen molar-refractivity contribution in [1.82, 2.24) is 5.32 Å². The van der Waals surface area contributed by atoms with Gasteiger partial charge in [0.2, 0.25) is 5.91 Å². The normalized spacial score (nSPS) is 10.6. The number of anilines is 1. The molecule has 3 aromatic rings. The molecule has 0 aliphatic rings. The number of methoxy groups -OCH3 is 2. The van der Waals surface area contributed by atoms with E-state index in [0.717, 1.165) is 11.3 Å². The Labute approximate surface area is 175 Å². The van der Waals surface area contributed by atoms with E-state index in [2.05, 4.69) is 10.6 Å². The molecule has 1 aromatic heterocycles. The molecule has 2 N–H and O–H groups in total. The number of hydrogen-bond donors (Lipinski definition) is 2. The van der Waals surface area contributed by atoms with E-state index in [-0.39, 0.29) is 16.4 Å². The summed E-state index contributed by atoms with van der Waals surface area (Å²) in [6.45, 7) is -0.223. The fourth-order valence-electron chi connectivity index (χ4n) is 2.60. The molecule has 0 aliphatic carbocycles. The minimum atomic E-state index is -0.459. The van der Waals surface area contributed by atoms with Crippen LogP contribution in [-0.4, -0.2) is 32.6 Å². The summed E-state index contributed by atoms with van der Waals surface area (Å²) >= 11 is 13.6. The summed E-state index contributed by atoms with van der Waals surface area (Å²) in [6.07, 6.45) is 0. The highest BCUT2D eigenvalue weighted by Gasteiger charge is 2.21. The van der Waals surface area contributed by atoms with Gasteiger partial charge in [0.15, 0.2) is 5.75 Å². The van der Waals surface area contributed by atoms with Crippen molar-refractivity contribution >= 4 is 62.1 Å². The van der Waals surface area contributed by atoms with Crippen molar-refractivity contribution in [2.45, 2.75) is 0 Å². The lowest BCUT2D eigenvalue weighted by Crippen LogP contribution is -2.32. The number of fused-ring (bicyclic) bond motifs is 1. The molecular formula is C19H16Cl2N2O4S. The zero-order valence-electron chi connectivity index (χ0n) is 15.0. The number of thiophene rings is 1. The average Bonchev–Trinajstić information content (AvgIpc) is 3.03. The van der Waals surface area contributed by atoms with Crippen molar-refractivity contribution in [3.63, 3.8) is 0 Å². The number of nitrogens with one attached hydrogen (secondary N) is 2. The number of carbonyl (C=O) groups is 2. The minimum Gasteiger partial charge on any atom is -0.495 e. The van der Waals surface area contributed by atoms with Crippen LogP contribution in [0.25, 0.3) is 10.1 Å². The molecule has 0 bridgehead atoms. The molecule has 2 amide bonds. The second-order valence-corrected chi connectivity index (χ2v) is 7.44. The van der Waals surface area contributed by atoms with Crippen LogP contribution in [-0.2, 0) is 4.79 Å². The van der Waals surface area contributed by atoms with Gasteiger partial charge in [-0.1, -0.05) is 41.4 Å². The maximum Gasteiger partial charge on any atom is 0.263 e. The first kappa shape index (κ1) is 20.3. The summed E-state index contributed by atoms with van der Waals surface area (Å²) in [6, 6.07) is 10.4. The van der Waals surface area contributed by atoms with Crippen molar-refractivity contribution < 1.29 is 19.1 Å². The van der Waals surface area contributed by atoms with Crippen molar-refractivity contribution in [2.75, 3.05) is 26.1 Å². The van der Waals surface area contributed by atoms with E-state index in [1.807, 2.05) is 0 Å². The van der Waals surface area contributed by atoms with E-state index >= 15 is 0 Å². The Morgan fingerprint density at radius 1 is 1.07 bits per heavy atom.